The number of rotatable bonds is 4. The Morgan fingerprint density at radius 3 is 2.41 bits per heavy atom. The zero-order chi connectivity index (χ0) is 18.1. The second kappa shape index (κ2) is 8.04. The van der Waals surface area contributed by atoms with Crippen LogP contribution in [0.2, 0.25) is 0 Å². The molecule has 1 aromatic carbocycles. The first-order valence-electron chi connectivity index (χ1n) is 8.87. The summed E-state index contributed by atoms with van der Waals surface area (Å²) in [6.45, 7) is 3.26. The van der Waals surface area contributed by atoms with E-state index in [1.807, 2.05) is 17.0 Å². The van der Waals surface area contributed by atoms with Crippen LogP contribution in [-0.2, 0) is 0 Å². The molecule has 2 aliphatic rings. The van der Waals surface area contributed by atoms with Crippen molar-refractivity contribution in [3.8, 4) is 11.5 Å². The third-order valence-electron chi connectivity index (χ3n) is 5.21. The van der Waals surface area contributed by atoms with Crippen molar-refractivity contribution in [3.63, 3.8) is 0 Å². The molecule has 1 N–H and O–H groups in total. The minimum absolute atomic E-state index is 0. The molecule has 8 nitrogen and oxygen atoms in total. The Hall–Kier alpha value is -2.48. The second-order valence-electron chi connectivity index (χ2n) is 6.57. The van der Waals surface area contributed by atoms with Crippen molar-refractivity contribution in [3.05, 3.63) is 18.5 Å². The van der Waals surface area contributed by atoms with Gasteiger partial charge in [0, 0.05) is 43.7 Å². The van der Waals surface area contributed by atoms with Gasteiger partial charge < -0.3 is 24.6 Å². The Kier molecular flexibility index (Phi) is 5.74. The SMILES string of the molecule is COc1cc2ncnc(N3CCC(N4CCNC4=O)CC3)c2cc1OC.Cl. The molecule has 1 aromatic heterocycles. The monoisotopic (exact) mass is 393 g/mol. The Morgan fingerprint density at radius 1 is 1.07 bits per heavy atom. The van der Waals surface area contributed by atoms with E-state index in [1.54, 1.807) is 20.5 Å². The minimum atomic E-state index is 0. The maximum absolute atomic E-state index is 11.9. The molecule has 0 saturated carbocycles. The first kappa shape index (κ1) is 19.3. The van der Waals surface area contributed by atoms with Crippen LogP contribution in [0.1, 0.15) is 12.8 Å². The number of hydrogen-bond acceptors (Lipinski definition) is 6. The molecule has 2 aliphatic heterocycles. The number of fused-ring (bicyclic) bond motifs is 1. The highest BCUT2D eigenvalue weighted by atomic mass is 35.5. The van der Waals surface area contributed by atoms with Crippen molar-refractivity contribution in [2.24, 2.45) is 0 Å². The van der Waals surface area contributed by atoms with Crippen molar-refractivity contribution in [1.82, 2.24) is 20.2 Å². The molecule has 3 heterocycles. The summed E-state index contributed by atoms with van der Waals surface area (Å²) in [7, 11) is 3.24. The van der Waals surface area contributed by atoms with E-state index in [0.29, 0.717) is 17.5 Å². The number of carbonyl (C=O) groups is 1. The number of piperidine rings is 1. The van der Waals surface area contributed by atoms with Crippen molar-refractivity contribution in [2.75, 3.05) is 45.3 Å². The van der Waals surface area contributed by atoms with Gasteiger partial charge in [0.05, 0.1) is 19.7 Å². The van der Waals surface area contributed by atoms with E-state index in [-0.39, 0.29) is 18.4 Å². The molecule has 146 valence electrons. The van der Waals surface area contributed by atoms with Crippen LogP contribution >= 0.6 is 12.4 Å². The Balaban J connectivity index is 0.00000210. The number of aromatic nitrogens is 2. The molecular weight excluding hydrogens is 370 g/mol. The van der Waals surface area contributed by atoms with Crippen molar-refractivity contribution < 1.29 is 14.3 Å². The lowest BCUT2D eigenvalue weighted by atomic mass is 10.0. The van der Waals surface area contributed by atoms with Crippen LogP contribution < -0.4 is 19.7 Å². The number of methoxy groups -OCH3 is 2. The highest BCUT2D eigenvalue weighted by Crippen LogP contribution is 2.35. The maximum atomic E-state index is 11.9. The van der Waals surface area contributed by atoms with E-state index in [2.05, 4.69) is 20.2 Å². The molecule has 0 unspecified atom stereocenters. The molecule has 0 atom stereocenters. The minimum Gasteiger partial charge on any atom is -0.493 e. The van der Waals surface area contributed by atoms with Crippen LogP contribution in [0.4, 0.5) is 10.6 Å². The van der Waals surface area contributed by atoms with E-state index < -0.39 is 0 Å². The molecule has 4 rings (SSSR count). The zero-order valence-electron chi connectivity index (χ0n) is 15.5. The third kappa shape index (κ3) is 3.53. The molecule has 27 heavy (non-hydrogen) atoms. The number of carbonyl (C=O) groups excluding carboxylic acids is 1. The van der Waals surface area contributed by atoms with Gasteiger partial charge >= 0.3 is 6.03 Å². The number of benzene rings is 1. The number of urea groups is 1. The van der Waals surface area contributed by atoms with Crippen molar-refractivity contribution >= 4 is 35.2 Å². The first-order valence-corrected chi connectivity index (χ1v) is 8.87. The number of hydrogen-bond donors (Lipinski definition) is 1. The fourth-order valence-electron chi connectivity index (χ4n) is 3.85. The van der Waals surface area contributed by atoms with Gasteiger partial charge in [-0.3, -0.25) is 0 Å². The molecular formula is C18H24ClN5O3. The summed E-state index contributed by atoms with van der Waals surface area (Å²) >= 11 is 0. The molecule has 0 aliphatic carbocycles. The number of ether oxygens (including phenoxy) is 2. The summed E-state index contributed by atoms with van der Waals surface area (Å²) < 4.78 is 10.8. The van der Waals surface area contributed by atoms with E-state index in [0.717, 1.165) is 55.7 Å². The van der Waals surface area contributed by atoms with Gasteiger partial charge in [0.2, 0.25) is 0 Å². The van der Waals surface area contributed by atoms with Gasteiger partial charge in [-0.05, 0) is 18.9 Å². The number of nitrogens with zero attached hydrogens (tertiary/aromatic N) is 4. The summed E-state index contributed by atoms with van der Waals surface area (Å²) in [6.07, 6.45) is 3.46. The van der Waals surface area contributed by atoms with E-state index in [9.17, 15) is 4.79 Å². The smallest absolute Gasteiger partial charge is 0.317 e. The summed E-state index contributed by atoms with van der Waals surface area (Å²) in [4.78, 5) is 25.0. The average molecular weight is 394 g/mol. The van der Waals surface area contributed by atoms with Gasteiger partial charge in [0.15, 0.2) is 11.5 Å². The molecule has 0 spiro atoms. The summed E-state index contributed by atoms with van der Waals surface area (Å²) in [5, 5.41) is 3.83. The lowest BCUT2D eigenvalue weighted by Crippen LogP contribution is -2.46. The molecule has 2 amide bonds. The number of anilines is 1. The topological polar surface area (TPSA) is 79.8 Å². The summed E-state index contributed by atoms with van der Waals surface area (Å²) in [6, 6.07) is 4.17. The quantitative estimate of drug-likeness (QED) is 0.856. The number of nitrogens with one attached hydrogen (secondary N) is 1. The van der Waals surface area contributed by atoms with Crippen LogP contribution in [-0.4, -0.2) is 67.3 Å². The highest BCUT2D eigenvalue weighted by molar-refractivity contribution is 5.92. The first-order chi connectivity index (χ1) is 12.7. The van der Waals surface area contributed by atoms with Crippen molar-refractivity contribution in [1.29, 1.82) is 0 Å². The zero-order valence-corrected chi connectivity index (χ0v) is 16.3. The fourth-order valence-corrected chi connectivity index (χ4v) is 3.85. The van der Waals surface area contributed by atoms with Crippen molar-refractivity contribution in [2.45, 2.75) is 18.9 Å². The molecule has 2 fully saturated rings. The molecule has 2 aromatic rings. The van der Waals surface area contributed by atoms with Gasteiger partial charge in [0.25, 0.3) is 0 Å². The third-order valence-corrected chi connectivity index (χ3v) is 5.21. The highest BCUT2D eigenvalue weighted by Gasteiger charge is 2.31. The summed E-state index contributed by atoms with van der Waals surface area (Å²) in [5.41, 5.74) is 0.827. The second-order valence-corrected chi connectivity index (χ2v) is 6.57. The Labute approximate surface area is 164 Å². The average Bonchev–Trinajstić information content (AvgIpc) is 3.12. The lowest BCUT2D eigenvalue weighted by Gasteiger charge is -2.37. The molecule has 9 heteroatoms. The fraction of sp³-hybridized carbons (Fsp3) is 0.500. The Bertz CT molecular complexity index is 826. The molecule has 0 bridgehead atoms. The number of halogens is 1. The van der Waals surface area contributed by atoms with E-state index >= 15 is 0 Å². The van der Waals surface area contributed by atoms with Gasteiger partial charge in [0.1, 0.15) is 12.1 Å². The van der Waals surface area contributed by atoms with Gasteiger partial charge in [-0.15, -0.1) is 12.4 Å². The van der Waals surface area contributed by atoms with Crippen LogP contribution in [0.5, 0.6) is 11.5 Å². The van der Waals surface area contributed by atoms with Crippen LogP contribution in [0, 0.1) is 0 Å². The van der Waals surface area contributed by atoms with Crippen LogP contribution in [0.15, 0.2) is 18.5 Å². The van der Waals surface area contributed by atoms with Gasteiger partial charge in [-0.2, -0.15) is 0 Å². The predicted octanol–water partition coefficient (Wildman–Crippen LogP) is 2.06. The van der Waals surface area contributed by atoms with Gasteiger partial charge in [-0.1, -0.05) is 0 Å². The number of amides is 2. The normalized spacial score (nSPS) is 17.6. The van der Waals surface area contributed by atoms with Crippen LogP contribution in [0.25, 0.3) is 10.9 Å². The van der Waals surface area contributed by atoms with Crippen LogP contribution in [0.3, 0.4) is 0 Å². The van der Waals surface area contributed by atoms with Gasteiger partial charge in [-0.25, -0.2) is 14.8 Å². The molecule has 2 saturated heterocycles. The largest absolute Gasteiger partial charge is 0.493 e. The lowest BCUT2D eigenvalue weighted by molar-refractivity contribution is 0.186. The van der Waals surface area contributed by atoms with E-state index in [4.69, 9.17) is 9.47 Å². The maximum Gasteiger partial charge on any atom is 0.317 e. The van der Waals surface area contributed by atoms with E-state index in [1.165, 1.54) is 0 Å². The predicted molar refractivity (Wildman–Crippen MR) is 105 cm³/mol. The Morgan fingerprint density at radius 2 is 1.78 bits per heavy atom. The molecule has 0 radical (unpaired) electrons. The summed E-state index contributed by atoms with van der Waals surface area (Å²) in [5.74, 6) is 2.23. The standard InChI is InChI=1S/C18H23N5O3.ClH/c1-25-15-9-13-14(10-16(15)26-2)20-11-21-17(13)22-6-3-12(4-7-22)23-8-5-19-18(23)24;/h9-12H,3-8H2,1-2H3,(H,19,24);1H.